The minimum atomic E-state index is -0.182. The van der Waals surface area contributed by atoms with E-state index in [1.54, 1.807) is 16.8 Å². The Hall–Kier alpha value is -3.00. The lowest BCUT2D eigenvalue weighted by molar-refractivity contribution is 0.373. The van der Waals surface area contributed by atoms with Gasteiger partial charge in [-0.05, 0) is 37.6 Å². The van der Waals surface area contributed by atoms with E-state index in [1.807, 2.05) is 58.0 Å². The molecule has 8 heteroatoms. The van der Waals surface area contributed by atoms with Gasteiger partial charge in [0.2, 0.25) is 5.89 Å². The Morgan fingerprint density at radius 1 is 1.07 bits per heavy atom. The Morgan fingerprint density at radius 2 is 1.86 bits per heavy atom. The fraction of sp³-hybridized carbons (Fsp3) is 0.286. The van der Waals surface area contributed by atoms with Crippen LogP contribution in [0.15, 0.2) is 57.1 Å². The number of pyridine rings is 1. The van der Waals surface area contributed by atoms with Gasteiger partial charge >= 0.3 is 0 Å². The van der Waals surface area contributed by atoms with Crippen LogP contribution in [-0.4, -0.2) is 24.7 Å². The summed E-state index contributed by atoms with van der Waals surface area (Å²) in [6.45, 7) is 7.91. The zero-order valence-corrected chi connectivity index (χ0v) is 17.5. The van der Waals surface area contributed by atoms with Crippen molar-refractivity contribution in [3.8, 4) is 5.82 Å². The van der Waals surface area contributed by atoms with Crippen molar-refractivity contribution >= 4 is 22.7 Å². The number of para-hydroxylation sites is 1. The van der Waals surface area contributed by atoms with Crippen LogP contribution in [0.2, 0.25) is 0 Å². The second-order valence-corrected chi connectivity index (χ2v) is 8.41. The van der Waals surface area contributed by atoms with Crippen LogP contribution in [0.3, 0.4) is 0 Å². The van der Waals surface area contributed by atoms with E-state index in [4.69, 9.17) is 9.51 Å². The summed E-state index contributed by atoms with van der Waals surface area (Å²) in [5, 5.41) is 4.94. The third-order valence-electron chi connectivity index (χ3n) is 4.54. The highest BCUT2D eigenvalue weighted by molar-refractivity contribution is 7.99. The van der Waals surface area contributed by atoms with Crippen LogP contribution in [0.5, 0.6) is 0 Å². The Balaban J connectivity index is 1.85. The van der Waals surface area contributed by atoms with E-state index in [9.17, 15) is 4.79 Å². The van der Waals surface area contributed by atoms with Gasteiger partial charge in [0, 0.05) is 12.1 Å². The van der Waals surface area contributed by atoms with Crippen LogP contribution in [0.1, 0.15) is 49.2 Å². The average molecular weight is 407 g/mol. The molecule has 29 heavy (non-hydrogen) atoms. The summed E-state index contributed by atoms with van der Waals surface area (Å²) in [7, 11) is 0. The van der Waals surface area contributed by atoms with E-state index < -0.39 is 0 Å². The van der Waals surface area contributed by atoms with E-state index in [-0.39, 0.29) is 16.7 Å². The maximum absolute atomic E-state index is 13.3. The van der Waals surface area contributed by atoms with Gasteiger partial charge < -0.3 is 4.52 Å². The number of hydrogen-bond donors (Lipinski definition) is 0. The molecule has 3 aromatic heterocycles. The minimum absolute atomic E-state index is 0.152. The molecule has 1 aromatic carbocycles. The average Bonchev–Trinajstić information content (AvgIpc) is 3.20. The molecule has 0 aliphatic carbocycles. The Bertz CT molecular complexity index is 1230. The first kappa shape index (κ1) is 19.3. The molecule has 0 saturated heterocycles. The van der Waals surface area contributed by atoms with Gasteiger partial charge in [-0.3, -0.25) is 4.79 Å². The van der Waals surface area contributed by atoms with E-state index in [0.717, 1.165) is 5.56 Å². The number of hydrogen-bond acceptors (Lipinski definition) is 7. The zero-order chi connectivity index (χ0) is 20.5. The van der Waals surface area contributed by atoms with Gasteiger partial charge in [0.1, 0.15) is 5.82 Å². The summed E-state index contributed by atoms with van der Waals surface area (Å²) in [5.74, 6) is 1.92. The number of aromatic nitrogens is 5. The standard InChI is InChI=1S/C21H21N5O2S/c1-12(2)17-24-19(28-25-17)14(4)29-21-23-16-10-6-5-9-15(16)20(27)26(21)18-13(3)8-7-11-22-18/h5-12,14H,1-4H3/t14-/m0/s1. The number of thioether (sulfide) groups is 1. The molecule has 0 bridgehead atoms. The first-order valence-corrected chi connectivity index (χ1v) is 10.3. The lowest BCUT2D eigenvalue weighted by Gasteiger charge is -2.15. The van der Waals surface area contributed by atoms with Crippen LogP contribution in [0.25, 0.3) is 16.7 Å². The van der Waals surface area contributed by atoms with Crippen molar-refractivity contribution < 1.29 is 4.52 Å². The lowest BCUT2D eigenvalue weighted by Crippen LogP contribution is -2.23. The summed E-state index contributed by atoms with van der Waals surface area (Å²) in [6.07, 6.45) is 1.68. The minimum Gasteiger partial charge on any atom is -0.338 e. The highest BCUT2D eigenvalue weighted by Gasteiger charge is 2.22. The molecule has 1 atom stereocenters. The monoisotopic (exact) mass is 407 g/mol. The maximum Gasteiger partial charge on any atom is 0.267 e. The summed E-state index contributed by atoms with van der Waals surface area (Å²) < 4.78 is 7.00. The molecule has 0 N–H and O–H groups in total. The summed E-state index contributed by atoms with van der Waals surface area (Å²) in [5.41, 5.74) is 1.38. The first-order chi connectivity index (χ1) is 14.0. The second-order valence-electron chi connectivity index (χ2n) is 7.10. The van der Waals surface area contributed by atoms with Crippen LogP contribution < -0.4 is 5.56 Å². The van der Waals surface area contributed by atoms with Crippen molar-refractivity contribution in [2.45, 2.75) is 44.0 Å². The van der Waals surface area contributed by atoms with Gasteiger partial charge in [-0.15, -0.1) is 0 Å². The van der Waals surface area contributed by atoms with Crippen molar-refractivity contribution in [2.24, 2.45) is 0 Å². The van der Waals surface area contributed by atoms with E-state index >= 15 is 0 Å². The van der Waals surface area contributed by atoms with Gasteiger partial charge in [-0.1, -0.05) is 49.0 Å². The van der Waals surface area contributed by atoms with Crippen molar-refractivity contribution in [2.75, 3.05) is 0 Å². The highest BCUT2D eigenvalue weighted by Crippen LogP contribution is 2.34. The predicted octanol–water partition coefficient (Wildman–Crippen LogP) is 4.45. The van der Waals surface area contributed by atoms with Gasteiger partial charge in [0.05, 0.1) is 16.2 Å². The molecular formula is C21H21N5O2S. The molecule has 0 aliphatic rings. The molecule has 0 amide bonds. The Morgan fingerprint density at radius 3 is 2.59 bits per heavy atom. The fourth-order valence-electron chi connectivity index (χ4n) is 2.95. The summed E-state index contributed by atoms with van der Waals surface area (Å²) >= 11 is 1.40. The lowest BCUT2D eigenvalue weighted by atomic mass is 10.2. The molecule has 0 aliphatic heterocycles. The largest absolute Gasteiger partial charge is 0.338 e. The molecule has 148 valence electrons. The van der Waals surface area contributed by atoms with Gasteiger partial charge in [-0.25, -0.2) is 14.5 Å². The highest BCUT2D eigenvalue weighted by atomic mass is 32.2. The maximum atomic E-state index is 13.3. The normalized spacial score (nSPS) is 12.6. The molecular weight excluding hydrogens is 386 g/mol. The van der Waals surface area contributed by atoms with Gasteiger partial charge in [0.15, 0.2) is 11.0 Å². The second kappa shape index (κ2) is 7.79. The first-order valence-electron chi connectivity index (χ1n) is 9.39. The third kappa shape index (κ3) is 3.67. The summed E-state index contributed by atoms with van der Waals surface area (Å²) in [4.78, 5) is 27.0. The van der Waals surface area contributed by atoms with Crippen molar-refractivity contribution in [3.05, 3.63) is 70.2 Å². The molecule has 0 spiro atoms. The molecule has 0 fully saturated rings. The molecule has 0 radical (unpaired) electrons. The van der Waals surface area contributed by atoms with E-state index in [0.29, 0.717) is 33.6 Å². The smallest absolute Gasteiger partial charge is 0.267 e. The van der Waals surface area contributed by atoms with Crippen molar-refractivity contribution in [1.82, 2.24) is 24.7 Å². The summed E-state index contributed by atoms with van der Waals surface area (Å²) in [6, 6.07) is 11.1. The molecule has 4 rings (SSSR count). The molecule has 3 heterocycles. The Labute approximate surface area is 172 Å². The van der Waals surface area contributed by atoms with Crippen LogP contribution in [-0.2, 0) is 0 Å². The van der Waals surface area contributed by atoms with E-state index in [1.165, 1.54) is 11.8 Å². The number of fused-ring (bicyclic) bond motifs is 1. The SMILES string of the molecule is Cc1cccnc1-n1c(S[C@@H](C)c2nc(C(C)C)no2)nc2ccccc2c1=O. The van der Waals surface area contributed by atoms with E-state index in [2.05, 4.69) is 15.1 Å². The third-order valence-corrected chi connectivity index (χ3v) is 5.58. The van der Waals surface area contributed by atoms with Crippen LogP contribution >= 0.6 is 11.8 Å². The number of benzene rings is 1. The number of rotatable bonds is 5. The molecule has 4 aromatic rings. The quantitative estimate of drug-likeness (QED) is 0.357. The van der Waals surface area contributed by atoms with Crippen LogP contribution in [0.4, 0.5) is 0 Å². The molecule has 7 nitrogen and oxygen atoms in total. The Kier molecular flexibility index (Phi) is 5.19. The van der Waals surface area contributed by atoms with Gasteiger partial charge in [0.25, 0.3) is 5.56 Å². The predicted molar refractivity (Wildman–Crippen MR) is 113 cm³/mol. The molecule has 0 saturated carbocycles. The van der Waals surface area contributed by atoms with Crippen molar-refractivity contribution in [3.63, 3.8) is 0 Å². The number of aryl methyl sites for hydroxylation is 1. The molecule has 0 unspecified atom stereocenters. The van der Waals surface area contributed by atoms with Gasteiger partial charge in [-0.2, -0.15) is 4.98 Å². The van der Waals surface area contributed by atoms with Crippen LogP contribution in [0, 0.1) is 6.92 Å². The topological polar surface area (TPSA) is 86.7 Å². The fourth-order valence-corrected chi connectivity index (χ4v) is 3.88. The number of nitrogens with zero attached hydrogens (tertiary/aromatic N) is 5. The zero-order valence-electron chi connectivity index (χ0n) is 16.7. The van der Waals surface area contributed by atoms with Crippen molar-refractivity contribution in [1.29, 1.82) is 0 Å².